The highest BCUT2D eigenvalue weighted by atomic mass is 16.3. The first-order valence-electron chi connectivity index (χ1n) is 7.81. The molecule has 8 nitrogen and oxygen atoms in total. The van der Waals surface area contributed by atoms with E-state index >= 15 is 0 Å². The summed E-state index contributed by atoms with van der Waals surface area (Å²) in [6, 6.07) is 10.8. The average molecular weight is 340 g/mol. The molecule has 0 saturated heterocycles. The average Bonchev–Trinajstić information content (AvgIpc) is 3.23. The number of carbonyl (C=O) groups excluding carboxylic acids is 1. The van der Waals surface area contributed by atoms with Gasteiger partial charge in [-0.1, -0.05) is 18.2 Å². The van der Waals surface area contributed by atoms with Crippen molar-refractivity contribution in [2.45, 2.75) is 12.5 Å². The summed E-state index contributed by atoms with van der Waals surface area (Å²) in [7, 11) is 1.77. The molecule has 0 aliphatic heterocycles. The summed E-state index contributed by atoms with van der Waals surface area (Å²) in [4.78, 5) is 12.0. The summed E-state index contributed by atoms with van der Waals surface area (Å²) < 4.78 is 3.27. The Balaban J connectivity index is 1.57. The number of para-hydroxylation sites is 1. The van der Waals surface area contributed by atoms with Crippen LogP contribution < -0.4 is 10.6 Å². The van der Waals surface area contributed by atoms with Crippen LogP contribution in [0.15, 0.2) is 55.0 Å². The van der Waals surface area contributed by atoms with Crippen molar-refractivity contribution in [3.63, 3.8) is 0 Å². The van der Waals surface area contributed by atoms with Crippen molar-refractivity contribution in [3.8, 4) is 5.69 Å². The molecule has 8 heteroatoms. The number of anilines is 1. The van der Waals surface area contributed by atoms with Crippen LogP contribution in [0, 0.1) is 0 Å². The van der Waals surface area contributed by atoms with Gasteiger partial charge >= 0.3 is 6.03 Å². The molecule has 3 aromatic rings. The maximum absolute atomic E-state index is 12.0. The molecule has 0 aliphatic carbocycles. The Morgan fingerprint density at radius 2 is 2.04 bits per heavy atom. The van der Waals surface area contributed by atoms with E-state index in [1.807, 2.05) is 30.3 Å². The highest BCUT2D eigenvalue weighted by molar-refractivity contribution is 5.88. The monoisotopic (exact) mass is 340 g/mol. The smallest absolute Gasteiger partial charge is 0.320 e. The molecular formula is C17H20N6O2. The molecule has 1 atom stereocenters. The summed E-state index contributed by atoms with van der Waals surface area (Å²) in [6.07, 6.45) is 5.04. The third-order valence-electron chi connectivity index (χ3n) is 3.77. The minimum absolute atomic E-state index is 0.0456. The zero-order valence-electron chi connectivity index (χ0n) is 14.0. The van der Waals surface area contributed by atoms with Gasteiger partial charge in [0.1, 0.15) is 5.60 Å². The number of benzene rings is 1. The summed E-state index contributed by atoms with van der Waals surface area (Å²) >= 11 is 0. The molecule has 3 N–H and O–H groups in total. The fraction of sp³-hybridized carbons (Fsp3) is 0.235. The molecule has 130 valence electrons. The molecule has 1 aromatic carbocycles. The summed E-state index contributed by atoms with van der Waals surface area (Å²) in [6.45, 7) is 1.67. The first kappa shape index (κ1) is 16.7. The van der Waals surface area contributed by atoms with Gasteiger partial charge in [0, 0.05) is 31.1 Å². The molecule has 2 amide bonds. The van der Waals surface area contributed by atoms with Gasteiger partial charge in [0.05, 0.1) is 18.4 Å². The van der Waals surface area contributed by atoms with Crippen molar-refractivity contribution in [2.24, 2.45) is 7.05 Å². The van der Waals surface area contributed by atoms with E-state index in [4.69, 9.17) is 0 Å². The molecule has 25 heavy (non-hydrogen) atoms. The van der Waals surface area contributed by atoms with Crippen molar-refractivity contribution in [2.75, 3.05) is 11.9 Å². The minimum atomic E-state index is -1.21. The summed E-state index contributed by atoms with van der Waals surface area (Å²) in [5.74, 6) is 0.419. The number of hydrogen-bond acceptors (Lipinski definition) is 4. The number of aryl methyl sites for hydroxylation is 1. The number of aliphatic hydroxyl groups is 1. The number of rotatable bonds is 5. The number of aromatic nitrogens is 4. The van der Waals surface area contributed by atoms with Crippen molar-refractivity contribution in [1.29, 1.82) is 0 Å². The van der Waals surface area contributed by atoms with E-state index in [2.05, 4.69) is 20.8 Å². The number of urea groups is 1. The molecular weight excluding hydrogens is 320 g/mol. The van der Waals surface area contributed by atoms with Crippen LogP contribution in [0.5, 0.6) is 0 Å². The zero-order chi connectivity index (χ0) is 17.9. The Morgan fingerprint density at radius 1 is 1.28 bits per heavy atom. The van der Waals surface area contributed by atoms with E-state index in [1.165, 1.54) is 0 Å². The van der Waals surface area contributed by atoms with Gasteiger partial charge in [-0.25, -0.2) is 9.48 Å². The SMILES string of the molecule is Cn1cc([C@@](C)(O)CNC(=O)Nc2ccn(-c3ccccc3)n2)cn1. The van der Waals surface area contributed by atoms with E-state index in [-0.39, 0.29) is 6.54 Å². The third kappa shape index (κ3) is 4.04. The molecule has 0 radical (unpaired) electrons. The fourth-order valence-electron chi connectivity index (χ4n) is 2.33. The molecule has 0 spiro atoms. The fourth-order valence-corrected chi connectivity index (χ4v) is 2.33. The Kier molecular flexibility index (Phi) is 4.53. The van der Waals surface area contributed by atoms with Crippen LogP contribution in [-0.4, -0.2) is 37.2 Å². The van der Waals surface area contributed by atoms with Crippen LogP contribution in [0.3, 0.4) is 0 Å². The highest BCUT2D eigenvalue weighted by Crippen LogP contribution is 2.18. The quantitative estimate of drug-likeness (QED) is 0.658. The van der Waals surface area contributed by atoms with Crippen LogP contribution in [0.1, 0.15) is 12.5 Å². The second kappa shape index (κ2) is 6.78. The van der Waals surface area contributed by atoms with Crippen molar-refractivity contribution in [3.05, 3.63) is 60.6 Å². The third-order valence-corrected chi connectivity index (χ3v) is 3.77. The second-order valence-electron chi connectivity index (χ2n) is 5.97. The van der Waals surface area contributed by atoms with E-state index in [9.17, 15) is 9.90 Å². The largest absolute Gasteiger partial charge is 0.383 e. The van der Waals surface area contributed by atoms with Gasteiger partial charge in [0.15, 0.2) is 5.82 Å². The molecule has 3 rings (SSSR count). The maximum Gasteiger partial charge on any atom is 0.320 e. The molecule has 0 fully saturated rings. The Labute approximate surface area is 145 Å². The van der Waals surface area contributed by atoms with Crippen LogP contribution in [0.2, 0.25) is 0 Å². The van der Waals surface area contributed by atoms with Gasteiger partial charge < -0.3 is 10.4 Å². The van der Waals surface area contributed by atoms with Crippen molar-refractivity contribution >= 4 is 11.8 Å². The van der Waals surface area contributed by atoms with Gasteiger partial charge in [-0.15, -0.1) is 5.10 Å². The number of nitrogens with one attached hydrogen (secondary N) is 2. The molecule has 0 saturated carbocycles. The summed E-state index contributed by atoms with van der Waals surface area (Å²) in [5.41, 5.74) is 0.314. The van der Waals surface area contributed by atoms with Crippen LogP contribution in [-0.2, 0) is 12.6 Å². The Hall–Kier alpha value is -3.13. The number of amides is 2. The van der Waals surface area contributed by atoms with E-state index in [0.29, 0.717) is 11.4 Å². The van der Waals surface area contributed by atoms with Crippen molar-refractivity contribution in [1.82, 2.24) is 24.9 Å². The first-order valence-corrected chi connectivity index (χ1v) is 7.81. The van der Waals surface area contributed by atoms with Gasteiger partial charge in [-0.05, 0) is 19.1 Å². The molecule has 2 aromatic heterocycles. The first-order chi connectivity index (χ1) is 11.9. The van der Waals surface area contributed by atoms with Gasteiger partial charge in [0.2, 0.25) is 0 Å². The maximum atomic E-state index is 12.0. The normalized spacial score (nSPS) is 13.2. The lowest BCUT2D eigenvalue weighted by Gasteiger charge is -2.22. The highest BCUT2D eigenvalue weighted by Gasteiger charge is 2.25. The number of hydrogen-bond donors (Lipinski definition) is 3. The molecule has 2 heterocycles. The lowest BCUT2D eigenvalue weighted by Crippen LogP contribution is -2.40. The van der Waals surface area contributed by atoms with Crippen molar-refractivity contribution < 1.29 is 9.90 Å². The summed E-state index contributed by atoms with van der Waals surface area (Å²) in [5, 5.41) is 24.1. The van der Waals surface area contributed by atoms with Crippen LogP contribution in [0.25, 0.3) is 5.69 Å². The van der Waals surface area contributed by atoms with Crippen LogP contribution in [0.4, 0.5) is 10.6 Å². The van der Waals surface area contributed by atoms with Gasteiger partial charge in [0.25, 0.3) is 0 Å². The predicted molar refractivity (Wildman–Crippen MR) is 93.4 cm³/mol. The lowest BCUT2D eigenvalue weighted by molar-refractivity contribution is 0.0599. The molecule has 0 unspecified atom stereocenters. The minimum Gasteiger partial charge on any atom is -0.383 e. The standard InChI is InChI=1S/C17H20N6O2/c1-17(25,13-10-19-22(2)11-13)12-18-16(24)20-15-8-9-23(21-15)14-6-4-3-5-7-14/h3-11,25H,12H2,1-2H3,(H2,18,20,21,24)/t17-/m0/s1. The van der Waals surface area contributed by atoms with E-state index < -0.39 is 11.6 Å². The number of nitrogens with zero attached hydrogens (tertiary/aromatic N) is 4. The zero-order valence-corrected chi connectivity index (χ0v) is 14.0. The van der Waals surface area contributed by atoms with Crippen LogP contribution >= 0.6 is 0 Å². The van der Waals surface area contributed by atoms with E-state index in [1.54, 1.807) is 48.0 Å². The Morgan fingerprint density at radius 3 is 2.72 bits per heavy atom. The predicted octanol–water partition coefficient (Wildman–Crippen LogP) is 1.63. The number of carbonyl (C=O) groups is 1. The second-order valence-corrected chi connectivity index (χ2v) is 5.97. The lowest BCUT2D eigenvalue weighted by atomic mass is 10.00. The topological polar surface area (TPSA) is 97.0 Å². The van der Waals surface area contributed by atoms with Gasteiger partial charge in [-0.3, -0.25) is 10.00 Å². The molecule has 0 bridgehead atoms. The molecule has 0 aliphatic rings. The Bertz CT molecular complexity index is 853. The van der Waals surface area contributed by atoms with Gasteiger partial charge in [-0.2, -0.15) is 5.10 Å². The van der Waals surface area contributed by atoms with E-state index in [0.717, 1.165) is 5.69 Å².